The van der Waals surface area contributed by atoms with Gasteiger partial charge < -0.3 is 0 Å². The van der Waals surface area contributed by atoms with E-state index in [0.29, 0.717) is 16.9 Å². The van der Waals surface area contributed by atoms with E-state index >= 15 is 0 Å². The normalized spacial score (nSPS) is 10.1. The Morgan fingerprint density at radius 1 is 1.11 bits per heavy atom. The van der Waals surface area contributed by atoms with Crippen molar-refractivity contribution in [2.24, 2.45) is 0 Å². The van der Waals surface area contributed by atoms with Gasteiger partial charge in [-0.15, -0.1) is 0 Å². The third kappa shape index (κ3) is 2.04. The zero-order valence-electron chi connectivity index (χ0n) is 9.21. The van der Waals surface area contributed by atoms with Crippen LogP contribution in [-0.4, -0.2) is 19.6 Å². The highest BCUT2D eigenvalue weighted by Gasteiger charge is 1.96. The van der Waals surface area contributed by atoms with Crippen LogP contribution in [0, 0.1) is 17.7 Å². The van der Waals surface area contributed by atoms with Gasteiger partial charge in [0, 0.05) is 18.0 Å². The van der Waals surface area contributed by atoms with Crippen molar-refractivity contribution >= 4 is 5.78 Å². The molecule has 0 aliphatic heterocycles. The number of halogens is 1. The van der Waals surface area contributed by atoms with Crippen LogP contribution < -0.4 is 0 Å². The summed E-state index contributed by atoms with van der Waals surface area (Å²) < 4.78 is 14.5. The van der Waals surface area contributed by atoms with Crippen LogP contribution in [0.15, 0.2) is 43.0 Å². The Morgan fingerprint density at radius 2 is 2.00 bits per heavy atom. The summed E-state index contributed by atoms with van der Waals surface area (Å²) in [7, 11) is 0. The van der Waals surface area contributed by atoms with Crippen LogP contribution in [0.5, 0.6) is 0 Å². The summed E-state index contributed by atoms with van der Waals surface area (Å²) in [6.07, 6.45) is 4.75. The number of nitrogens with zero attached hydrogens (tertiary/aromatic N) is 4. The Kier molecular flexibility index (Phi) is 2.47. The molecule has 0 radical (unpaired) electrons. The maximum absolute atomic E-state index is 13.0. The van der Waals surface area contributed by atoms with Gasteiger partial charge in [-0.25, -0.2) is 13.9 Å². The van der Waals surface area contributed by atoms with Gasteiger partial charge in [0.25, 0.3) is 5.78 Å². The fraction of sp³-hybridized carbons (Fsp3) is 0. The highest BCUT2D eigenvalue weighted by molar-refractivity contribution is 5.42. The Morgan fingerprint density at radius 3 is 2.89 bits per heavy atom. The molecule has 3 rings (SSSR count). The van der Waals surface area contributed by atoms with Crippen molar-refractivity contribution in [3.05, 3.63) is 59.9 Å². The van der Waals surface area contributed by atoms with Crippen molar-refractivity contribution in [1.29, 1.82) is 0 Å². The minimum atomic E-state index is -0.299. The van der Waals surface area contributed by atoms with Crippen molar-refractivity contribution in [3.63, 3.8) is 0 Å². The van der Waals surface area contributed by atoms with Crippen LogP contribution in [0.2, 0.25) is 0 Å². The van der Waals surface area contributed by atoms with Crippen molar-refractivity contribution in [2.45, 2.75) is 0 Å². The molecule has 18 heavy (non-hydrogen) atoms. The number of hydrogen-bond donors (Lipinski definition) is 0. The van der Waals surface area contributed by atoms with Gasteiger partial charge in [-0.3, -0.25) is 0 Å². The quantitative estimate of drug-likeness (QED) is 0.559. The summed E-state index contributed by atoms with van der Waals surface area (Å²) in [5.41, 5.74) is 1.31. The first-order valence-electron chi connectivity index (χ1n) is 5.24. The Balaban J connectivity index is 1.97. The molecular weight excluding hydrogens is 231 g/mol. The highest BCUT2D eigenvalue weighted by atomic mass is 19.1. The third-order valence-corrected chi connectivity index (χ3v) is 2.31. The topological polar surface area (TPSA) is 43.1 Å². The van der Waals surface area contributed by atoms with E-state index in [0.717, 1.165) is 0 Å². The summed E-state index contributed by atoms with van der Waals surface area (Å²) in [6.45, 7) is 0. The zero-order valence-corrected chi connectivity index (χ0v) is 9.21. The van der Waals surface area contributed by atoms with Gasteiger partial charge in [0.15, 0.2) is 0 Å². The van der Waals surface area contributed by atoms with Crippen LogP contribution in [0.4, 0.5) is 4.39 Å². The number of rotatable bonds is 0. The molecule has 0 fully saturated rings. The minimum Gasteiger partial charge on any atom is -0.218 e. The molecule has 0 spiro atoms. The Hall–Kier alpha value is -2.74. The average molecular weight is 238 g/mol. The molecule has 0 bridgehead atoms. The second-order valence-electron chi connectivity index (χ2n) is 3.61. The molecule has 0 saturated heterocycles. The van der Waals surface area contributed by atoms with Crippen molar-refractivity contribution < 1.29 is 4.39 Å². The summed E-state index contributed by atoms with van der Waals surface area (Å²) >= 11 is 0. The number of benzene rings is 1. The van der Waals surface area contributed by atoms with Crippen LogP contribution in [-0.2, 0) is 0 Å². The molecule has 0 aliphatic rings. The molecule has 86 valence electrons. The molecule has 0 amide bonds. The summed E-state index contributed by atoms with van der Waals surface area (Å²) in [4.78, 5) is 8.02. The fourth-order valence-corrected chi connectivity index (χ4v) is 1.49. The average Bonchev–Trinajstić information content (AvgIpc) is 2.84. The molecular formula is C13H7FN4. The van der Waals surface area contributed by atoms with E-state index in [4.69, 9.17) is 0 Å². The first-order valence-corrected chi connectivity index (χ1v) is 5.24. The number of hydrogen-bond acceptors (Lipinski definition) is 3. The van der Waals surface area contributed by atoms with Crippen LogP contribution in [0.25, 0.3) is 5.78 Å². The standard InChI is InChI=1S/C13H7FN4/c14-12-3-1-2-10(6-12)4-5-11-7-15-13-16-9-17-18(13)8-11/h1-3,6-9H. The Bertz CT molecular complexity index is 767. The van der Waals surface area contributed by atoms with Crippen molar-refractivity contribution in [3.8, 4) is 11.8 Å². The molecule has 3 aromatic rings. The minimum absolute atomic E-state index is 0.299. The van der Waals surface area contributed by atoms with E-state index in [1.165, 1.54) is 23.0 Å². The van der Waals surface area contributed by atoms with Crippen LogP contribution in [0.3, 0.4) is 0 Å². The molecule has 0 aliphatic carbocycles. The van der Waals surface area contributed by atoms with Gasteiger partial charge in [0.05, 0.1) is 5.56 Å². The van der Waals surface area contributed by atoms with Crippen molar-refractivity contribution in [2.75, 3.05) is 0 Å². The maximum Gasteiger partial charge on any atom is 0.252 e. The van der Waals surface area contributed by atoms with Crippen LogP contribution in [0.1, 0.15) is 11.1 Å². The lowest BCUT2D eigenvalue weighted by Crippen LogP contribution is -1.91. The molecule has 4 nitrogen and oxygen atoms in total. The summed E-state index contributed by atoms with van der Waals surface area (Å²) in [5, 5.41) is 3.96. The molecule has 2 aromatic heterocycles. The van der Waals surface area contributed by atoms with Gasteiger partial charge in [-0.05, 0) is 18.2 Å². The first-order chi connectivity index (χ1) is 8.81. The van der Waals surface area contributed by atoms with E-state index in [-0.39, 0.29) is 5.82 Å². The zero-order chi connectivity index (χ0) is 12.4. The molecule has 0 N–H and O–H groups in total. The highest BCUT2D eigenvalue weighted by Crippen LogP contribution is 2.02. The number of aromatic nitrogens is 4. The lowest BCUT2D eigenvalue weighted by Gasteiger charge is -1.92. The Labute approximate surface area is 102 Å². The summed E-state index contributed by atoms with van der Waals surface area (Å²) in [5.74, 6) is 5.99. The monoisotopic (exact) mass is 238 g/mol. The van der Waals surface area contributed by atoms with Gasteiger partial charge in [-0.1, -0.05) is 17.9 Å². The lowest BCUT2D eigenvalue weighted by molar-refractivity contribution is 0.627. The first kappa shape index (κ1) is 10.4. The maximum atomic E-state index is 13.0. The second kappa shape index (κ2) is 4.26. The largest absolute Gasteiger partial charge is 0.252 e. The van der Waals surface area contributed by atoms with Gasteiger partial charge >= 0.3 is 0 Å². The van der Waals surface area contributed by atoms with E-state index in [1.54, 1.807) is 24.5 Å². The number of fused-ring (bicyclic) bond motifs is 1. The van der Waals surface area contributed by atoms with E-state index < -0.39 is 0 Å². The smallest absolute Gasteiger partial charge is 0.218 e. The van der Waals surface area contributed by atoms with Gasteiger partial charge in [0.2, 0.25) is 0 Å². The molecule has 1 aromatic carbocycles. The molecule has 5 heteroatoms. The predicted octanol–water partition coefficient (Wildman–Crippen LogP) is 1.66. The fourth-order valence-electron chi connectivity index (χ4n) is 1.49. The molecule has 2 heterocycles. The predicted molar refractivity (Wildman–Crippen MR) is 63.2 cm³/mol. The van der Waals surface area contributed by atoms with E-state index in [2.05, 4.69) is 26.9 Å². The van der Waals surface area contributed by atoms with Gasteiger partial charge in [0.1, 0.15) is 12.1 Å². The lowest BCUT2D eigenvalue weighted by atomic mass is 10.2. The van der Waals surface area contributed by atoms with E-state index in [9.17, 15) is 4.39 Å². The molecule has 0 atom stereocenters. The van der Waals surface area contributed by atoms with E-state index in [1.807, 2.05) is 0 Å². The van der Waals surface area contributed by atoms with Gasteiger partial charge in [-0.2, -0.15) is 10.1 Å². The summed E-state index contributed by atoms with van der Waals surface area (Å²) in [6, 6.07) is 6.14. The second-order valence-corrected chi connectivity index (χ2v) is 3.61. The van der Waals surface area contributed by atoms with Crippen LogP contribution >= 0.6 is 0 Å². The third-order valence-electron chi connectivity index (χ3n) is 2.31. The SMILES string of the molecule is Fc1cccc(C#Cc2cnc3ncnn3c2)c1. The molecule has 0 unspecified atom stereocenters. The van der Waals surface area contributed by atoms with Crippen molar-refractivity contribution in [1.82, 2.24) is 19.6 Å². The molecule has 0 saturated carbocycles.